The predicted molar refractivity (Wildman–Crippen MR) is 58.2 cm³/mol. The molecule has 1 aliphatic heterocycles. The Bertz CT molecular complexity index is 432. The summed E-state index contributed by atoms with van der Waals surface area (Å²) in [5.74, 6) is 0. The molecular weight excluding hydrogens is 234 g/mol. The molecule has 1 saturated heterocycles. The van der Waals surface area contributed by atoms with E-state index in [1.54, 1.807) is 12.1 Å². The maximum Gasteiger partial charge on any atom is 0.252 e. The highest BCUT2D eigenvalue weighted by atomic mass is 32.2. The van der Waals surface area contributed by atoms with Crippen molar-refractivity contribution in [2.75, 3.05) is 13.1 Å². The monoisotopic (exact) mass is 247 g/mol. The lowest BCUT2D eigenvalue weighted by Gasteiger charge is -2.13. The second-order valence-electron chi connectivity index (χ2n) is 3.49. The summed E-state index contributed by atoms with van der Waals surface area (Å²) >= 11 is 1.15. The van der Waals surface area contributed by atoms with Crippen molar-refractivity contribution in [3.8, 4) is 0 Å². The van der Waals surface area contributed by atoms with Gasteiger partial charge in [0.05, 0.1) is 6.61 Å². The molecule has 0 saturated carbocycles. The smallest absolute Gasteiger partial charge is 0.252 e. The summed E-state index contributed by atoms with van der Waals surface area (Å²) in [5, 5.41) is 8.88. The van der Waals surface area contributed by atoms with Crippen LogP contribution in [0.1, 0.15) is 17.7 Å². The van der Waals surface area contributed by atoms with Crippen molar-refractivity contribution in [1.82, 2.24) is 4.31 Å². The lowest BCUT2D eigenvalue weighted by molar-refractivity contribution is 0.285. The summed E-state index contributed by atoms with van der Waals surface area (Å²) in [7, 11) is -3.29. The fourth-order valence-corrected chi connectivity index (χ4v) is 4.52. The molecule has 2 heterocycles. The number of rotatable bonds is 3. The molecule has 1 N–H and O–H groups in total. The molecule has 84 valence electrons. The predicted octanol–water partition coefficient (Wildman–Crippen LogP) is 1.02. The summed E-state index contributed by atoms with van der Waals surface area (Å²) in [6.07, 6.45) is 1.88. The van der Waals surface area contributed by atoms with Gasteiger partial charge in [-0.3, -0.25) is 0 Å². The third-order valence-corrected chi connectivity index (χ3v) is 5.89. The van der Waals surface area contributed by atoms with E-state index in [0.717, 1.165) is 24.2 Å². The number of thiophene rings is 1. The van der Waals surface area contributed by atoms with E-state index in [0.29, 0.717) is 22.2 Å². The van der Waals surface area contributed by atoms with E-state index in [1.165, 1.54) is 4.31 Å². The summed E-state index contributed by atoms with van der Waals surface area (Å²) < 4.78 is 25.9. The zero-order valence-corrected chi connectivity index (χ0v) is 9.85. The van der Waals surface area contributed by atoms with Crippen LogP contribution in [0.15, 0.2) is 16.3 Å². The highest BCUT2D eigenvalue weighted by molar-refractivity contribution is 7.91. The average molecular weight is 247 g/mol. The maximum absolute atomic E-state index is 12.0. The van der Waals surface area contributed by atoms with Crippen molar-refractivity contribution in [1.29, 1.82) is 0 Å². The molecule has 1 fully saturated rings. The van der Waals surface area contributed by atoms with Crippen LogP contribution >= 0.6 is 11.3 Å². The van der Waals surface area contributed by atoms with E-state index in [2.05, 4.69) is 0 Å². The number of hydrogen-bond acceptors (Lipinski definition) is 4. The molecule has 0 atom stereocenters. The van der Waals surface area contributed by atoms with Crippen LogP contribution < -0.4 is 0 Å². The van der Waals surface area contributed by atoms with Gasteiger partial charge in [-0.2, -0.15) is 4.31 Å². The molecular formula is C9H13NO3S2. The van der Waals surface area contributed by atoms with Crippen molar-refractivity contribution < 1.29 is 13.5 Å². The van der Waals surface area contributed by atoms with Crippen molar-refractivity contribution in [2.24, 2.45) is 0 Å². The number of hydrogen-bond donors (Lipinski definition) is 1. The first-order valence-corrected chi connectivity index (χ1v) is 7.10. The van der Waals surface area contributed by atoms with Gasteiger partial charge >= 0.3 is 0 Å². The van der Waals surface area contributed by atoms with E-state index in [1.807, 2.05) is 0 Å². The van der Waals surface area contributed by atoms with Gasteiger partial charge in [0.1, 0.15) is 4.21 Å². The minimum atomic E-state index is -3.29. The summed E-state index contributed by atoms with van der Waals surface area (Å²) in [6, 6.07) is 3.23. The molecule has 15 heavy (non-hydrogen) atoms. The summed E-state index contributed by atoms with van der Waals surface area (Å²) in [4.78, 5) is 0.688. The van der Waals surface area contributed by atoms with Gasteiger partial charge in [0.25, 0.3) is 10.0 Å². The van der Waals surface area contributed by atoms with Gasteiger partial charge in [-0.1, -0.05) is 0 Å². The minimum absolute atomic E-state index is 0.0970. The molecule has 0 aliphatic carbocycles. The van der Waals surface area contributed by atoms with Crippen LogP contribution in [0.3, 0.4) is 0 Å². The van der Waals surface area contributed by atoms with Gasteiger partial charge in [0.2, 0.25) is 0 Å². The van der Waals surface area contributed by atoms with Crippen LogP contribution in [0.25, 0.3) is 0 Å². The van der Waals surface area contributed by atoms with Gasteiger partial charge in [0.15, 0.2) is 0 Å². The standard InChI is InChI=1S/C9H13NO3S2/c11-7-8-3-4-9(14-8)15(12,13)10-5-1-2-6-10/h3-4,11H,1-2,5-7H2. The van der Waals surface area contributed by atoms with Gasteiger partial charge in [-0.05, 0) is 25.0 Å². The molecule has 0 aromatic carbocycles. The molecule has 0 spiro atoms. The van der Waals surface area contributed by atoms with Crippen LogP contribution in [0.4, 0.5) is 0 Å². The largest absolute Gasteiger partial charge is 0.391 e. The summed E-state index contributed by atoms with van der Waals surface area (Å²) in [6.45, 7) is 1.14. The van der Waals surface area contributed by atoms with Crippen molar-refractivity contribution in [3.63, 3.8) is 0 Å². The van der Waals surface area contributed by atoms with Crippen molar-refractivity contribution in [3.05, 3.63) is 17.0 Å². The van der Waals surface area contributed by atoms with E-state index >= 15 is 0 Å². The van der Waals surface area contributed by atoms with Crippen LogP contribution in [0, 0.1) is 0 Å². The molecule has 6 heteroatoms. The molecule has 2 rings (SSSR count). The Morgan fingerprint density at radius 2 is 2.00 bits per heavy atom. The fraction of sp³-hybridized carbons (Fsp3) is 0.556. The summed E-state index contributed by atoms with van der Waals surface area (Å²) in [5.41, 5.74) is 0. The number of aliphatic hydroxyl groups excluding tert-OH is 1. The molecule has 4 nitrogen and oxygen atoms in total. The van der Waals surface area contributed by atoms with Crippen LogP contribution in [0.2, 0.25) is 0 Å². The van der Waals surface area contributed by atoms with Gasteiger partial charge in [0, 0.05) is 18.0 Å². The number of sulfonamides is 1. The lowest BCUT2D eigenvalue weighted by atomic mass is 10.4. The molecule has 0 unspecified atom stereocenters. The van der Waals surface area contributed by atoms with Crippen molar-refractivity contribution >= 4 is 21.4 Å². The van der Waals surface area contributed by atoms with E-state index in [4.69, 9.17) is 5.11 Å². The second kappa shape index (κ2) is 4.21. The quantitative estimate of drug-likeness (QED) is 0.867. The zero-order chi connectivity index (χ0) is 10.9. The molecule has 1 aromatic rings. The Kier molecular flexibility index (Phi) is 3.11. The van der Waals surface area contributed by atoms with Crippen LogP contribution in [-0.4, -0.2) is 30.9 Å². The minimum Gasteiger partial charge on any atom is -0.391 e. The number of aliphatic hydroxyl groups is 1. The fourth-order valence-electron chi connectivity index (χ4n) is 1.64. The van der Waals surface area contributed by atoms with E-state index < -0.39 is 10.0 Å². The first-order chi connectivity index (χ1) is 7.14. The molecule has 0 bridgehead atoms. The third kappa shape index (κ3) is 2.08. The first-order valence-electron chi connectivity index (χ1n) is 4.84. The Morgan fingerprint density at radius 1 is 1.33 bits per heavy atom. The Balaban J connectivity index is 2.28. The van der Waals surface area contributed by atoms with Gasteiger partial charge in [-0.25, -0.2) is 8.42 Å². The van der Waals surface area contributed by atoms with Crippen LogP contribution in [-0.2, 0) is 16.6 Å². The van der Waals surface area contributed by atoms with Crippen molar-refractivity contribution in [2.45, 2.75) is 23.7 Å². The van der Waals surface area contributed by atoms with Gasteiger partial charge in [-0.15, -0.1) is 11.3 Å². The molecule has 0 amide bonds. The third-order valence-electron chi connectivity index (χ3n) is 2.45. The highest BCUT2D eigenvalue weighted by Gasteiger charge is 2.28. The maximum atomic E-state index is 12.0. The Labute approximate surface area is 93.2 Å². The zero-order valence-electron chi connectivity index (χ0n) is 8.22. The lowest BCUT2D eigenvalue weighted by Crippen LogP contribution is -2.27. The van der Waals surface area contributed by atoms with Crippen LogP contribution in [0.5, 0.6) is 0 Å². The number of nitrogens with zero attached hydrogens (tertiary/aromatic N) is 1. The average Bonchev–Trinajstić information content (AvgIpc) is 2.89. The molecule has 0 radical (unpaired) electrons. The SMILES string of the molecule is O=S(=O)(c1ccc(CO)s1)N1CCCC1. The normalized spacial score (nSPS) is 18.5. The molecule has 1 aliphatic rings. The topological polar surface area (TPSA) is 57.6 Å². The second-order valence-corrected chi connectivity index (χ2v) is 6.82. The van der Waals surface area contributed by atoms with E-state index in [-0.39, 0.29) is 6.61 Å². The Hall–Kier alpha value is -0.430. The van der Waals surface area contributed by atoms with Gasteiger partial charge < -0.3 is 5.11 Å². The first kappa shape index (κ1) is 11.1. The van der Waals surface area contributed by atoms with E-state index in [9.17, 15) is 8.42 Å². The molecule has 1 aromatic heterocycles. The Morgan fingerprint density at radius 3 is 2.53 bits per heavy atom. The highest BCUT2D eigenvalue weighted by Crippen LogP contribution is 2.27.